The van der Waals surface area contributed by atoms with E-state index in [4.69, 9.17) is 19.9 Å². The number of fused-ring (bicyclic) bond motifs is 10. The van der Waals surface area contributed by atoms with Gasteiger partial charge >= 0.3 is 0 Å². The molecule has 0 fully saturated rings. The number of benzene rings is 11. The predicted molar refractivity (Wildman–Crippen MR) is 275 cm³/mol. The van der Waals surface area contributed by atoms with Crippen molar-refractivity contribution in [2.24, 2.45) is 0 Å². The molecule has 0 spiro atoms. The molecule has 2 heterocycles. The molecule has 0 radical (unpaired) electrons. The fourth-order valence-electron chi connectivity index (χ4n) is 9.98. The van der Waals surface area contributed by atoms with Gasteiger partial charge in [-0.2, -0.15) is 0 Å². The van der Waals surface area contributed by atoms with Crippen LogP contribution in [0.4, 0.5) is 0 Å². The third-order valence-electron chi connectivity index (χ3n) is 13.1. The minimum absolute atomic E-state index is 0.607. The first kappa shape index (κ1) is 37.7. The van der Waals surface area contributed by atoms with Gasteiger partial charge in [0.05, 0.1) is 11.2 Å². The average molecular weight is 839 g/mol. The van der Waals surface area contributed by atoms with Gasteiger partial charge in [0.1, 0.15) is 0 Å². The molecule has 13 rings (SSSR count). The van der Waals surface area contributed by atoms with Crippen molar-refractivity contribution in [3.8, 4) is 67.7 Å². The van der Waals surface area contributed by atoms with E-state index in [9.17, 15) is 0 Å². The second kappa shape index (κ2) is 15.4. The molecule has 306 valence electrons. The molecule has 0 aliphatic rings. The molecule has 2 aromatic heterocycles. The van der Waals surface area contributed by atoms with Gasteiger partial charge in [0.2, 0.25) is 0 Å². The monoisotopic (exact) mass is 838 g/mol. The van der Waals surface area contributed by atoms with Crippen LogP contribution >= 0.6 is 0 Å². The highest BCUT2D eigenvalue weighted by Gasteiger charge is 2.19. The maximum Gasteiger partial charge on any atom is 0.164 e. The van der Waals surface area contributed by atoms with E-state index < -0.39 is 0 Å². The molecule has 0 aliphatic heterocycles. The molecule has 4 heteroatoms. The number of hydrogen-bond acceptors (Lipinski definition) is 4. The lowest BCUT2D eigenvalue weighted by atomic mass is 9.89. The van der Waals surface area contributed by atoms with Crippen LogP contribution in [0.5, 0.6) is 0 Å². The van der Waals surface area contributed by atoms with Crippen LogP contribution in [0.2, 0.25) is 0 Å². The highest BCUT2D eigenvalue weighted by Crippen LogP contribution is 2.42. The molecule has 13 aromatic rings. The van der Waals surface area contributed by atoms with E-state index in [1.165, 1.54) is 37.7 Å². The zero-order valence-corrected chi connectivity index (χ0v) is 35.7. The van der Waals surface area contributed by atoms with Gasteiger partial charge < -0.3 is 0 Å². The molecule has 0 aliphatic carbocycles. The molecule has 0 unspecified atom stereocenters. The van der Waals surface area contributed by atoms with E-state index in [1.54, 1.807) is 0 Å². The summed E-state index contributed by atoms with van der Waals surface area (Å²) < 4.78 is 0. The first-order valence-electron chi connectivity index (χ1n) is 22.4. The van der Waals surface area contributed by atoms with E-state index in [0.717, 1.165) is 77.3 Å². The SMILES string of the molecule is c1ccc(-c2nc(-c3ccccc3)nc(-c3cc(-c4ccc5c6ccccc6c6ccccc6c5c4)cc(-c4cccc5c(-c6nc7ccccc7c7ccccc67)cccc45)c3)n2)cc1. The molecule has 11 aromatic carbocycles. The average Bonchev–Trinajstić information content (AvgIpc) is 3.40. The fourth-order valence-corrected chi connectivity index (χ4v) is 9.98. The normalized spacial score (nSPS) is 11.6. The van der Waals surface area contributed by atoms with Crippen molar-refractivity contribution in [3.63, 3.8) is 0 Å². The molecule has 0 atom stereocenters. The smallest absolute Gasteiger partial charge is 0.164 e. The summed E-state index contributed by atoms with van der Waals surface area (Å²) in [5.74, 6) is 1.86. The summed E-state index contributed by atoms with van der Waals surface area (Å²) in [5, 5.41) is 13.2. The Morgan fingerprint density at radius 2 is 0.621 bits per heavy atom. The molecule has 0 saturated heterocycles. The van der Waals surface area contributed by atoms with Gasteiger partial charge in [-0.05, 0) is 101 Å². The van der Waals surface area contributed by atoms with Gasteiger partial charge in [-0.15, -0.1) is 0 Å². The summed E-state index contributed by atoms with van der Waals surface area (Å²) in [6, 6.07) is 81.9. The third kappa shape index (κ3) is 6.30. The van der Waals surface area contributed by atoms with Crippen molar-refractivity contribution in [1.82, 2.24) is 19.9 Å². The maximum absolute atomic E-state index is 5.34. The van der Waals surface area contributed by atoms with E-state index in [-0.39, 0.29) is 0 Å². The standard InChI is InChI=1S/C62H38N4/c1-3-17-39(18-4-1)60-64-61(40-19-5-2-6-20-40)66-62(65-60)44-36-42(41-33-34-53-49-23-8-7-21-47(49)48-22-9-10-24-51(48)57(53)38-41)35-43(37-44)45-28-15-30-50-46(45)29-16-31-56(50)59-55-27-12-11-25-52(55)54-26-13-14-32-58(54)63-59/h1-38H. The summed E-state index contributed by atoms with van der Waals surface area (Å²) >= 11 is 0. The van der Waals surface area contributed by atoms with Crippen LogP contribution in [-0.4, -0.2) is 19.9 Å². The molecule has 66 heavy (non-hydrogen) atoms. The van der Waals surface area contributed by atoms with Crippen molar-refractivity contribution in [3.05, 3.63) is 231 Å². The Labute approximate surface area is 381 Å². The molecule has 4 nitrogen and oxygen atoms in total. The maximum atomic E-state index is 5.34. The molecule has 0 N–H and O–H groups in total. The molecule has 0 amide bonds. The minimum atomic E-state index is 0.607. The summed E-state index contributed by atoms with van der Waals surface area (Å²) in [6.07, 6.45) is 0. The Kier molecular flexibility index (Phi) is 8.81. The third-order valence-corrected chi connectivity index (χ3v) is 13.1. The van der Waals surface area contributed by atoms with Gasteiger partial charge in [-0.25, -0.2) is 19.9 Å². The van der Waals surface area contributed by atoms with Crippen molar-refractivity contribution in [2.45, 2.75) is 0 Å². The predicted octanol–water partition coefficient (Wildman–Crippen LogP) is 16.2. The number of nitrogens with zero attached hydrogens (tertiary/aromatic N) is 4. The Balaban J connectivity index is 1.07. The highest BCUT2D eigenvalue weighted by atomic mass is 15.0. The van der Waals surface area contributed by atoms with Crippen LogP contribution in [0.1, 0.15) is 0 Å². The van der Waals surface area contributed by atoms with Gasteiger partial charge in [0.25, 0.3) is 0 Å². The number of hydrogen-bond donors (Lipinski definition) is 0. The van der Waals surface area contributed by atoms with Crippen molar-refractivity contribution in [1.29, 1.82) is 0 Å². The van der Waals surface area contributed by atoms with Gasteiger partial charge in [0, 0.05) is 33.0 Å². The highest BCUT2D eigenvalue weighted by molar-refractivity contribution is 6.26. The lowest BCUT2D eigenvalue weighted by molar-refractivity contribution is 1.07. The van der Waals surface area contributed by atoms with Crippen LogP contribution in [0, 0.1) is 0 Å². The largest absolute Gasteiger partial charge is 0.247 e. The van der Waals surface area contributed by atoms with Crippen molar-refractivity contribution < 1.29 is 0 Å². The molecular formula is C62H38N4. The van der Waals surface area contributed by atoms with E-state index in [0.29, 0.717) is 17.5 Å². The van der Waals surface area contributed by atoms with Gasteiger partial charge in [0.15, 0.2) is 17.5 Å². The fraction of sp³-hybridized carbons (Fsp3) is 0. The van der Waals surface area contributed by atoms with Gasteiger partial charge in [-0.1, -0.05) is 200 Å². The van der Waals surface area contributed by atoms with Gasteiger partial charge in [-0.3, -0.25) is 0 Å². The summed E-state index contributed by atoms with van der Waals surface area (Å²) in [4.78, 5) is 20.9. The second-order valence-electron chi connectivity index (χ2n) is 16.9. The molecule has 0 bridgehead atoms. The number of pyridine rings is 1. The van der Waals surface area contributed by atoms with E-state index in [2.05, 4.69) is 194 Å². The van der Waals surface area contributed by atoms with Crippen molar-refractivity contribution in [2.75, 3.05) is 0 Å². The minimum Gasteiger partial charge on any atom is -0.247 e. The van der Waals surface area contributed by atoms with Crippen LogP contribution in [0.25, 0.3) is 132 Å². The summed E-state index contributed by atoms with van der Waals surface area (Å²) in [6.45, 7) is 0. The Morgan fingerprint density at radius 3 is 1.24 bits per heavy atom. The first-order chi connectivity index (χ1) is 32.7. The molecular weight excluding hydrogens is 801 g/mol. The van der Waals surface area contributed by atoms with Crippen LogP contribution in [0.15, 0.2) is 231 Å². The Bertz CT molecular complexity index is 3960. The van der Waals surface area contributed by atoms with Crippen LogP contribution in [0.3, 0.4) is 0 Å². The van der Waals surface area contributed by atoms with Crippen LogP contribution < -0.4 is 0 Å². The number of aromatic nitrogens is 4. The zero-order chi connectivity index (χ0) is 43.6. The second-order valence-corrected chi connectivity index (χ2v) is 16.9. The first-order valence-corrected chi connectivity index (χ1v) is 22.4. The summed E-state index contributed by atoms with van der Waals surface area (Å²) in [5.41, 5.74) is 10.2. The molecule has 0 saturated carbocycles. The lowest BCUT2D eigenvalue weighted by Gasteiger charge is -2.16. The zero-order valence-electron chi connectivity index (χ0n) is 35.7. The summed E-state index contributed by atoms with van der Waals surface area (Å²) in [7, 11) is 0. The number of para-hydroxylation sites is 1. The van der Waals surface area contributed by atoms with E-state index in [1.807, 2.05) is 36.4 Å². The topological polar surface area (TPSA) is 51.6 Å². The Morgan fingerprint density at radius 1 is 0.197 bits per heavy atom. The van der Waals surface area contributed by atoms with Crippen molar-refractivity contribution >= 4 is 64.8 Å². The number of rotatable bonds is 6. The lowest BCUT2D eigenvalue weighted by Crippen LogP contribution is -2.00. The Hall–Kier alpha value is -8.86. The quantitative estimate of drug-likeness (QED) is 0.157. The van der Waals surface area contributed by atoms with E-state index >= 15 is 0 Å². The van der Waals surface area contributed by atoms with Crippen LogP contribution in [-0.2, 0) is 0 Å².